The van der Waals surface area contributed by atoms with E-state index in [1.165, 1.54) is 128 Å². The Labute approximate surface area is 283 Å². The molecule has 46 heavy (non-hydrogen) atoms. The molecule has 0 amide bonds. The van der Waals surface area contributed by atoms with Crippen LogP contribution in [0.15, 0.2) is 0 Å². The fourth-order valence-electron chi connectivity index (χ4n) is 11.1. The molecule has 3 nitrogen and oxygen atoms in total. The number of carbonyl (C=O) groups excluding carboxylic acids is 1. The maximum Gasteiger partial charge on any atom is 0.151 e. The van der Waals surface area contributed by atoms with Crippen LogP contribution in [0, 0.1) is 34.5 Å². The highest BCUT2D eigenvalue weighted by Crippen LogP contribution is 2.66. The lowest BCUT2D eigenvalue weighted by Gasteiger charge is -2.62. The molecule has 0 aromatic heterocycles. The zero-order valence-electron chi connectivity index (χ0n) is 30.4. The smallest absolute Gasteiger partial charge is 0.151 e. The lowest BCUT2D eigenvalue weighted by atomic mass is 9.41. The number of hydrogen-bond donors (Lipinski definition) is 0. The Hall–Kier alpha value is -0.480. The van der Waals surface area contributed by atoms with Gasteiger partial charge in [0.25, 0.3) is 0 Å². The second-order valence-electron chi connectivity index (χ2n) is 17.0. The highest BCUT2D eigenvalue weighted by molar-refractivity contribution is 5.98. The summed E-state index contributed by atoms with van der Waals surface area (Å²) >= 11 is 0. The van der Waals surface area contributed by atoms with Crippen molar-refractivity contribution in [3.8, 4) is 0 Å². The predicted octanol–water partition coefficient (Wildman–Crippen LogP) is 12.1. The molecule has 4 heteroatoms. The van der Waals surface area contributed by atoms with Gasteiger partial charge in [0.15, 0.2) is 5.78 Å². The molecule has 0 aromatic carbocycles. The van der Waals surface area contributed by atoms with Gasteiger partial charge in [0.1, 0.15) is 6.17 Å². The van der Waals surface area contributed by atoms with Gasteiger partial charge in [-0.05, 0) is 139 Å². The standard InChI is InChI=1S/C42H73FO3/c1-3-5-7-9-11-13-31-45-37-19-15-33(16-20-37)35-23-27-41(28-24-35)39(43)42(40(41)44)29-25-36(26-30-42)34-17-21-38(22-18-34)46-32-14-12-10-8-6-4-2/h33-39H,3-32H2,1-2H3/t33-,34-,35?,36?,37-,38-,39?,41?,42?. The van der Waals surface area contributed by atoms with E-state index in [0.717, 1.165) is 76.4 Å². The normalized spacial score (nSPS) is 38.3. The van der Waals surface area contributed by atoms with Crippen molar-refractivity contribution in [3.05, 3.63) is 0 Å². The summed E-state index contributed by atoms with van der Waals surface area (Å²) in [5.41, 5.74) is -1.24. The Morgan fingerprint density at radius 1 is 0.500 bits per heavy atom. The third kappa shape index (κ3) is 9.00. The van der Waals surface area contributed by atoms with E-state index in [1.807, 2.05) is 0 Å². The van der Waals surface area contributed by atoms with Crippen LogP contribution in [0.1, 0.15) is 194 Å². The summed E-state index contributed by atoms with van der Waals surface area (Å²) < 4.78 is 28.8. The van der Waals surface area contributed by atoms with Crippen molar-refractivity contribution in [2.75, 3.05) is 13.2 Å². The molecule has 5 fully saturated rings. The van der Waals surface area contributed by atoms with Gasteiger partial charge >= 0.3 is 0 Å². The molecule has 5 aliphatic rings. The highest BCUT2D eigenvalue weighted by atomic mass is 19.1. The van der Waals surface area contributed by atoms with E-state index in [4.69, 9.17) is 9.47 Å². The maximum atomic E-state index is 16.3. The monoisotopic (exact) mass is 645 g/mol. The summed E-state index contributed by atoms with van der Waals surface area (Å²) in [6.07, 6.45) is 33.3. The van der Waals surface area contributed by atoms with Gasteiger partial charge in [0, 0.05) is 13.2 Å². The number of Topliss-reactive ketones (excluding diaryl/α,β-unsaturated/α-hetero) is 1. The summed E-state index contributed by atoms with van der Waals surface area (Å²) in [7, 11) is 0. The first kappa shape index (κ1) is 36.8. The Bertz CT molecular complexity index is 788. The van der Waals surface area contributed by atoms with E-state index < -0.39 is 17.0 Å². The van der Waals surface area contributed by atoms with Gasteiger partial charge in [0.05, 0.1) is 23.0 Å². The number of carbonyl (C=O) groups is 1. The Kier molecular flexibility index (Phi) is 14.8. The van der Waals surface area contributed by atoms with E-state index in [0.29, 0.717) is 29.8 Å². The molecule has 5 aliphatic carbocycles. The van der Waals surface area contributed by atoms with Gasteiger partial charge in [-0.15, -0.1) is 0 Å². The van der Waals surface area contributed by atoms with Crippen LogP contribution in [0.5, 0.6) is 0 Å². The molecule has 0 radical (unpaired) electrons. The van der Waals surface area contributed by atoms with Crippen LogP contribution in [0.2, 0.25) is 0 Å². The summed E-state index contributed by atoms with van der Waals surface area (Å²) in [4.78, 5) is 13.9. The zero-order valence-corrected chi connectivity index (χ0v) is 30.4. The molecule has 0 heterocycles. The first-order chi connectivity index (χ1) is 22.5. The van der Waals surface area contributed by atoms with Crippen LogP contribution < -0.4 is 0 Å². The zero-order chi connectivity index (χ0) is 32.2. The lowest BCUT2D eigenvalue weighted by molar-refractivity contribution is -0.195. The van der Waals surface area contributed by atoms with Crippen molar-refractivity contribution in [3.63, 3.8) is 0 Å². The van der Waals surface area contributed by atoms with E-state index in [2.05, 4.69) is 13.8 Å². The quantitative estimate of drug-likeness (QED) is 0.139. The molecule has 0 atom stereocenters. The molecule has 0 aromatic rings. The number of rotatable bonds is 18. The number of hydrogen-bond acceptors (Lipinski definition) is 3. The number of unbranched alkanes of at least 4 members (excludes halogenated alkanes) is 10. The van der Waals surface area contributed by atoms with Crippen molar-refractivity contribution < 1.29 is 18.7 Å². The van der Waals surface area contributed by atoms with Gasteiger partial charge < -0.3 is 9.47 Å². The largest absolute Gasteiger partial charge is 0.378 e. The van der Waals surface area contributed by atoms with Gasteiger partial charge in [-0.25, -0.2) is 4.39 Å². The van der Waals surface area contributed by atoms with Crippen molar-refractivity contribution in [2.24, 2.45) is 34.5 Å². The Morgan fingerprint density at radius 2 is 0.826 bits per heavy atom. The van der Waals surface area contributed by atoms with Gasteiger partial charge in [-0.1, -0.05) is 78.1 Å². The molecule has 0 unspecified atom stereocenters. The van der Waals surface area contributed by atoms with E-state index >= 15 is 4.39 Å². The van der Waals surface area contributed by atoms with Crippen LogP contribution in [0.25, 0.3) is 0 Å². The lowest BCUT2D eigenvalue weighted by Crippen LogP contribution is -2.69. The first-order valence-corrected chi connectivity index (χ1v) is 20.9. The molecule has 266 valence electrons. The number of ether oxygens (including phenoxy) is 2. The SMILES string of the molecule is CCCCCCCCO[C@H]1CC[C@H](C2CCC3(CC2)C(=O)C2(CCC([C@H]4CC[C@H](OCCCCCCCC)CC4)CC2)C3F)CC1. The minimum atomic E-state index is -0.883. The van der Waals surface area contributed by atoms with E-state index in [1.54, 1.807) is 0 Å². The number of halogens is 1. The predicted molar refractivity (Wildman–Crippen MR) is 189 cm³/mol. The van der Waals surface area contributed by atoms with Crippen LogP contribution in [0.3, 0.4) is 0 Å². The van der Waals surface area contributed by atoms with Gasteiger partial charge in [-0.2, -0.15) is 0 Å². The van der Waals surface area contributed by atoms with Crippen molar-refractivity contribution in [2.45, 2.75) is 212 Å². The van der Waals surface area contributed by atoms with Gasteiger partial charge in [-0.3, -0.25) is 4.79 Å². The summed E-state index contributed by atoms with van der Waals surface area (Å²) in [6, 6.07) is 0. The molecule has 5 rings (SSSR count). The molecule has 0 saturated heterocycles. The summed E-state index contributed by atoms with van der Waals surface area (Å²) in [6.45, 7) is 6.42. The van der Waals surface area contributed by atoms with Crippen LogP contribution >= 0.6 is 0 Å². The average Bonchev–Trinajstić information content (AvgIpc) is 3.11. The first-order valence-electron chi connectivity index (χ1n) is 20.9. The van der Waals surface area contributed by atoms with Crippen LogP contribution in [-0.2, 0) is 14.3 Å². The third-order valence-electron chi connectivity index (χ3n) is 14.2. The second kappa shape index (κ2) is 18.5. The van der Waals surface area contributed by atoms with Crippen molar-refractivity contribution in [1.82, 2.24) is 0 Å². The van der Waals surface area contributed by atoms with E-state index in [9.17, 15) is 4.79 Å². The minimum Gasteiger partial charge on any atom is -0.378 e. The Balaban J connectivity index is 0.949. The summed E-state index contributed by atoms with van der Waals surface area (Å²) in [5.74, 6) is 3.27. The minimum absolute atomic E-state index is 0.350. The molecular weight excluding hydrogens is 571 g/mol. The van der Waals surface area contributed by atoms with Crippen molar-refractivity contribution >= 4 is 5.78 Å². The fourth-order valence-corrected chi connectivity index (χ4v) is 11.1. The van der Waals surface area contributed by atoms with Crippen LogP contribution in [0.4, 0.5) is 4.39 Å². The third-order valence-corrected chi connectivity index (χ3v) is 14.2. The topological polar surface area (TPSA) is 35.5 Å². The number of alkyl halides is 1. The average molecular weight is 645 g/mol. The van der Waals surface area contributed by atoms with Crippen molar-refractivity contribution in [1.29, 1.82) is 0 Å². The molecule has 0 N–H and O–H groups in total. The molecule has 5 saturated carbocycles. The molecule has 2 spiro atoms. The number of ketones is 1. The molecule has 0 bridgehead atoms. The fraction of sp³-hybridized carbons (Fsp3) is 0.976. The van der Waals surface area contributed by atoms with Gasteiger partial charge in [0.2, 0.25) is 0 Å². The maximum absolute atomic E-state index is 16.3. The molecule has 0 aliphatic heterocycles. The molecular formula is C42H73FO3. The highest BCUT2D eigenvalue weighted by Gasteiger charge is 2.71. The Morgan fingerprint density at radius 3 is 1.17 bits per heavy atom. The van der Waals surface area contributed by atoms with E-state index in [-0.39, 0.29) is 0 Å². The second-order valence-corrected chi connectivity index (χ2v) is 17.0. The summed E-state index contributed by atoms with van der Waals surface area (Å²) in [5, 5.41) is 0. The van der Waals surface area contributed by atoms with Crippen LogP contribution in [-0.4, -0.2) is 37.4 Å².